The molecule has 1 aliphatic rings. The summed E-state index contributed by atoms with van der Waals surface area (Å²) < 4.78 is 0. The summed E-state index contributed by atoms with van der Waals surface area (Å²) in [7, 11) is 0. The average Bonchev–Trinajstić information content (AvgIpc) is 1.88. The van der Waals surface area contributed by atoms with E-state index in [9.17, 15) is 0 Å². The van der Waals surface area contributed by atoms with Crippen molar-refractivity contribution in [1.82, 2.24) is 5.32 Å². The van der Waals surface area contributed by atoms with Gasteiger partial charge in [0.15, 0.2) is 0 Å². The van der Waals surface area contributed by atoms with Crippen molar-refractivity contribution in [1.29, 1.82) is 0 Å². The van der Waals surface area contributed by atoms with Crippen molar-refractivity contribution >= 4 is 11.6 Å². The maximum atomic E-state index is 5.85. The highest BCUT2D eigenvalue weighted by Crippen LogP contribution is 2.09. The zero-order valence-corrected chi connectivity index (χ0v) is 6.41. The number of alkyl halides is 1. The molecule has 0 aromatic heterocycles. The van der Waals surface area contributed by atoms with Gasteiger partial charge in [0.1, 0.15) is 0 Å². The zero-order valence-electron chi connectivity index (χ0n) is 5.65. The van der Waals surface area contributed by atoms with Gasteiger partial charge in [0.05, 0.1) is 5.38 Å². The predicted molar refractivity (Wildman–Crippen MR) is 40.9 cm³/mol. The maximum Gasteiger partial charge on any atom is 0.0643 e. The molecule has 9 heavy (non-hydrogen) atoms. The first kappa shape index (κ1) is 7.10. The fourth-order valence-electron chi connectivity index (χ4n) is 0.987. The molecular formula is C7H12ClN. The normalized spacial score (nSPS) is 27.8. The number of hydrogen-bond acceptors (Lipinski definition) is 1. The first-order valence-electron chi connectivity index (χ1n) is 3.37. The van der Waals surface area contributed by atoms with Gasteiger partial charge < -0.3 is 5.32 Å². The number of hydrogen-bond donors (Lipinski definition) is 1. The van der Waals surface area contributed by atoms with Crippen molar-refractivity contribution in [3.63, 3.8) is 0 Å². The minimum absolute atomic E-state index is 0.216. The monoisotopic (exact) mass is 145 g/mol. The van der Waals surface area contributed by atoms with E-state index >= 15 is 0 Å². The van der Waals surface area contributed by atoms with Crippen LogP contribution in [0.1, 0.15) is 13.3 Å². The van der Waals surface area contributed by atoms with Crippen molar-refractivity contribution in [2.45, 2.75) is 18.7 Å². The third-order valence-electron chi connectivity index (χ3n) is 1.56. The Labute approximate surface area is 61.1 Å². The number of halogens is 1. The summed E-state index contributed by atoms with van der Waals surface area (Å²) in [6.45, 7) is 4.10. The molecule has 0 spiro atoms. The third-order valence-corrected chi connectivity index (χ3v) is 1.84. The van der Waals surface area contributed by atoms with Crippen LogP contribution in [0.2, 0.25) is 0 Å². The summed E-state index contributed by atoms with van der Waals surface area (Å²) >= 11 is 5.85. The Bertz CT molecular complexity index is 120. The van der Waals surface area contributed by atoms with Crippen LogP contribution >= 0.6 is 11.6 Å². The first-order valence-corrected chi connectivity index (χ1v) is 3.81. The first-order chi connectivity index (χ1) is 4.33. The van der Waals surface area contributed by atoms with Crippen molar-refractivity contribution in [3.8, 4) is 0 Å². The molecule has 1 atom stereocenters. The Morgan fingerprint density at radius 2 is 2.67 bits per heavy atom. The molecule has 1 unspecified atom stereocenters. The number of rotatable bonds is 1. The van der Waals surface area contributed by atoms with E-state index in [1.807, 2.05) is 0 Å². The van der Waals surface area contributed by atoms with E-state index in [1.165, 1.54) is 5.57 Å². The van der Waals surface area contributed by atoms with Gasteiger partial charge in [0.2, 0.25) is 0 Å². The highest BCUT2D eigenvalue weighted by atomic mass is 35.5. The van der Waals surface area contributed by atoms with Crippen LogP contribution in [0, 0.1) is 0 Å². The molecule has 0 radical (unpaired) electrons. The summed E-state index contributed by atoms with van der Waals surface area (Å²) in [4.78, 5) is 0. The SMILES string of the molecule is CCC1=CC(Cl)CNC1. The molecule has 1 nitrogen and oxygen atoms in total. The molecule has 52 valence electrons. The molecular weight excluding hydrogens is 134 g/mol. The fraction of sp³-hybridized carbons (Fsp3) is 0.714. The molecule has 1 aliphatic heterocycles. The van der Waals surface area contributed by atoms with Crippen LogP contribution in [0.3, 0.4) is 0 Å². The van der Waals surface area contributed by atoms with Gasteiger partial charge in [-0.3, -0.25) is 0 Å². The molecule has 0 aromatic carbocycles. The van der Waals surface area contributed by atoms with Crippen molar-refractivity contribution in [2.75, 3.05) is 13.1 Å². The lowest BCUT2D eigenvalue weighted by atomic mass is 10.1. The average molecular weight is 146 g/mol. The summed E-state index contributed by atoms with van der Waals surface area (Å²) in [6, 6.07) is 0. The van der Waals surface area contributed by atoms with Gasteiger partial charge in [-0.25, -0.2) is 0 Å². The van der Waals surface area contributed by atoms with Crippen LogP contribution < -0.4 is 5.32 Å². The maximum absolute atomic E-state index is 5.85. The highest BCUT2D eigenvalue weighted by Gasteiger charge is 2.07. The second kappa shape index (κ2) is 3.23. The summed E-state index contributed by atoms with van der Waals surface area (Å²) in [6.07, 6.45) is 3.27. The van der Waals surface area contributed by atoms with E-state index in [2.05, 4.69) is 18.3 Å². The molecule has 0 aliphatic carbocycles. The summed E-state index contributed by atoms with van der Waals surface area (Å²) in [5.74, 6) is 0. The molecule has 1 heterocycles. The van der Waals surface area contributed by atoms with Crippen molar-refractivity contribution < 1.29 is 0 Å². The minimum atomic E-state index is 0.216. The lowest BCUT2D eigenvalue weighted by molar-refractivity contribution is 0.691. The Hall–Kier alpha value is -0.0100. The van der Waals surface area contributed by atoms with E-state index in [-0.39, 0.29) is 5.38 Å². The van der Waals surface area contributed by atoms with E-state index in [4.69, 9.17) is 11.6 Å². The van der Waals surface area contributed by atoms with E-state index in [0.717, 1.165) is 19.5 Å². The van der Waals surface area contributed by atoms with Gasteiger partial charge in [-0.15, -0.1) is 11.6 Å². The minimum Gasteiger partial charge on any atom is -0.311 e. The smallest absolute Gasteiger partial charge is 0.0643 e. The van der Waals surface area contributed by atoms with E-state index in [1.54, 1.807) is 0 Å². The van der Waals surface area contributed by atoms with Crippen LogP contribution in [0.5, 0.6) is 0 Å². The Morgan fingerprint density at radius 3 is 3.11 bits per heavy atom. The van der Waals surface area contributed by atoms with Gasteiger partial charge in [-0.1, -0.05) is 18.6 Å². The lowest BCUT2D eigenvalue weighted by Crippen LogP contribution is -2.29. The van der Waals surface area contributed by atoms with Crippen LogP contribution in [-0.2, 0) is 0 Å². The summed E-state index contributed by atoms with van der Waals surface area (Å²) in [5, 5.41) is 3.45. The van der Waals surface area contributed by atoms with Gasteiger partial charge >= 0.3 is 0 Å². The van der Waals surface area contributed by atoms with Gasteiger partial charge in [0, 0.05) is 13.1 Å². The number of nitrogens with one attached hydrogen (secondary N) is 1. The van der Waals surface area contributed by atoms with E-state index in [0.29, 0.717) is 0 Å². The predicted octanol–water partition coefficient (Wildman–Crippen LogP) is 1.53. The molecule has 0 saturated carbocycles. The quantitative estimate of drug-likeness (QED) is 0.436. The molecule has 0 aromatic rings. The molecule has 0 amide bonds. The summed E-state index contributed by atoms with van der Waals surface area (Å²) in [5.41, 5.74) is 1.43. The van der Waals surface area contributed by atoms with Gasteiger partial charge in [-0.2, -0.15) is 0 Å². The van der Waals surface area contributed by atoms with Gasteiger partial charge in [0.25, 0.3) is 0 Å². The van der Waals surface area contributed by atoms with Crippen molar-refractivity contribution in [3.05, 3.63) is 11.6 Å². The van der Waals surface area contributed by atoms with E-state index < -0.39 is 0 Å². The topological polar surface area (TPSA) is 12.0 Å². The molecule has 0 saturated heterocycles. The zero-order chi connectivity index (χ0) is 6.69. The molecule has 1 N–H and O–H groups in total. The molecule has 1 rings (SSSR count). The van der Waals surface area contributed by atoms with Gasteiger partial charge in [-0.05, 0) is 6.42 Å². The Morgan fingerprint density at radius 1 is 1.89 bits per heavy atom. The second-order valence-electron chi connectivity index (χ2n) is 2.33. The van der Waals surface area contributed by atoms with Crippen LogP contribution in [0.15, 0.2) is 11.6 Å². The molecule has 0 fully saturated rings. The standard InChI is InChI=1S/C7H12ClN/c1-2-6-3-7(8)5-9-4-6/h3,7,9H,2,4-5H2,1H3. The molecule has 2 heteroatoms. The highest BCUT2D eigenvalue weighted by molar-refractivity contribution is 6.22. The Balaban J connectivity index is 2.49. The van der Waals surface area contributed by atoms with Crippen LogP contribution in [-0.4, -0.2) is 18.5 Å². The van der Waals surface area contributed by atoms with Crippen molar-refractivity contribution in [2.24, 2.45) is 0 Å². The largest absolute Gasteiger partial charge is 0.311 e. The lowest BCUT2D eigenvalue weighted by Gasteiger charge is -2.16. The molecule has 0 bridgehead atoms. The second-order valence-corrected chi connectivity index (χ2v) is 2.89. The third kappa shape index (κ3) is 1.99. The fourth-order valence-corrected chi connectivity index (χ4v) is 1.27. The Kier molecular flexibility index (Phi) is 2.55. The van der Waals surface area contributed by atoms with Crippen LogP contribution in [0.25, 0.3) is 0 Å². The van der Waals surface area contributed by atoms with Crippen LogP contribution in [0.4, 0.5) is 0 Å².